The van der Waals surface area contributed by atoms with Crippen molar-refractivity contribution in [2.75, 3.05) is 0 Å². The van der Waals surface area contributed by atoms with Gasteiger partial charge in [-0.1, -0.05) is 61.2 Å². The molecule has 4 aromatic carbocycles. The first kappa shape index (κ1) is 24.0. The molecule has 2 N–H and O–H groups in total. The normalized spacial score (nSPS) is 11.6. The summed E-state index contributed by atoms with van der Waals surface area (Å²) in [4.78, 5) is 16.4. The molecule has 0 atom stereocenters. The van der Waals surface area contributed by atoms with Gasteiger partial charge in [-0.05, 0) is 80.6 Å². The summed E-state index contributed by atoms with van der Waals surface area (Å²) in [6, 6.07) is 23.7. The third kappa shape index (κ3) is 4.47. The minimum Gasteiger partial charge on any atom is -0.358 e. The molecular weight excluding hydrogens is 536 g/mol. The molecule has 7 heteroatoms. The number of fused-ring (bicyclic) bond motifs is 2. The Morgan fingerprint density at radius 2 is 1.75 bits per heavy atom. The van der Waals surface area contributed by atoms with Crippen molar-refractivity contribution in [3.63, 3.8) is 0 Å². The van der Waals surface area contributed by atoms with Crippen LogP contribution in [0.4, 0.5) is 0 Å². The first-order valence-electron chi connectivity index (χ1n) is 11.3. The van der Waals surface area contributed by atoms with E-state index in [1.54, 1.807) is 30.3 Å². The van der Waals surface area contributed by atoms with E-state index in [-0.39, 0.29) is 10.5 Å². The van der Waals surface area contributed by atoms with Crippen molar-refractivity contribution in [3.05, 3.63) is 118 Å². The lowest BCUT2D eigenvalue weighted by molar-refractivity contribution is 0.0981. The molecule has 0 aliphatic heterocycles. The summed E-state index contributed by atoms with van der Waals surface area (Å²) in [5.74, 6) is -0.679. The summed E-state index contributed by atoms with van der Waals surface area (Å²) in [5.41, 5.74) is 5.12. The molecule has 0 aliphatic rings. The molecule has 0 bridgehead atoms. The Morgan fingerprint density at radius 1 is 1.00 bits per heavy atom. The third-order valence-electron chi connectivity index (χ3n) is 6.35. The van der Waals surface area contributed by atoms with Gasteiger partial charge in [0.25, 0.3) is 15.9 Å². The predicted octanol–water partition coefficient (Wildman–Crippen LogP) is 6.74. The minimum atomic E-state index is -4.01. The van der Waals surface area contributed by atoms with Crippen LogP contribution in [0.3, 0.4) is 0 Å². The smallest absolute Gasteiger partial charge is 0.265 e. The molecule has 1 aromatic heterocycles. The van der Waals surface area contributed by atoms with Gasteiger partial charge in [0.05, 0.1) is 4.90 Å². The molecule has 180 valence electrons. The molecule has 0 saturated carbocycles. The second-order valence-corrected chi connectivity index (χ2v) is 11.1. The molecule has 0 spiro atoms. The van der Waals surface area contributed by atoms with Crippen molar-refractivity contribution in [1.29, 1.82) is 0 Å². The maximum atomic E-state index is 13.0. The number of nitrogens with one attached hydrogen (secondary N) is 2. The number of sulfonamides is 1. The molecular formula is C29H23BrN2O3S. The average Bonchev–Trinajstić information content (AvgIpc) is 3.19. The van der Waals surface area contributed by atoms with E-state index in [0.717, 1.165) is 48.5 Å². The van der Waals surface area contributed by atoms with Crippen LogP contribution in [0.25, 0.3) is 27.8 Å². The minimum absolute atomic E-state index is 0.0156. The van der Waals surface area contributed by atoms with Gasteiger partial charge in [-0.2, -0.15) is 0 Å². The summed E-state index contributed by atoms with van der Waals surface area (Å²) < 4.78 is 28.8. The van der Waals surface area contributed by atoms with Crippen molar-refractivity contribution in [2.45, 2.75) is 18.2 Å². The van der Waals surface area contributed by atoms with Gasteiger partial charge >= 0.3 is 0 Å². The van der Waals surface area contributed by atoms with Gasteiger partial charge in [0.1, 0.15) is 0 Å². The van der Waals surface area contributed by atoms with E-state index in [2.05, 4.69) is 56.5 Å². The maximum Gasteiger partial charge on any atom is 0.265 e. The monoisotopic (exact) mass is 558 g/mol. The Labute approximate surface area is 218 Å². The van der Waals surface area contributed by atoms with Crippen molar-refractivity contribution in [1.82, 2.24) is 9.71 Å². The van der Waals surface area contributed by atoms with E-state index in [0.29, 0.717) is 6.42 Å². The van der Waals surface area contributed by atoms with Crippen molar-refractivity contribution < 1.29 is 13.2 Å². The summed E-state index contributed by atoms with van der Waals surface area (Å²) in [6.07, 6.45) is 2.27. The van der Waals surface area contributed by atoms with E-state index < -0.39 is 15.9 Å². The van der Waals surface area contributed by atoms with Gasteiger partial charge in [0.2, 0.25) is 0 Å². The first-order chi connectivity index (χ1) is 17.3. The highest BCUT2D eigenvalue weighted by atomic mass is 79.9. The zero-order valence-electron chi connectivity index (χ0n) is 19.5. The molecule has 5 rings (SSSR count). The lowest BCUT2D eigenvalue weighted by Gasteiger charge is -2.10. The number of rotatable bonds is 6. The molecule has 0 saturated heterocycles. The Bertz CT molecular complexity index is 1750. The molecule has 0 radical (unpaired) electrons. The number of halogens is 1. The predicted molar refractivity (Wildman–Crippen MR) is 149 cm³/mol. The van der Waals surface area contributed by atoms with Gasteiger partial charge in [-0.3, -0.25) is 4.79 Å². The fourth-order valence-corrected chi connectivity index (χ4v) is 5.99. The van der Waals surface area contributed by atoms with Crippen LogP contribution in [0.1, 0.15) is 32.7 Å². The number of amides is 1. The molecule has 0 aliphatic carbocycles. The van der Waals surface area contributed by atoms with Crippen LogP contribution in [0, 0.1) is 6.92 Å². The number of carbonyl (C=O) groups excluding carboxylic acids is 1. The quantitative estimate of drug-likeness (QED) is 0.242. The lowest BCUT2D eigenvalue weighted by atomic mass is 9.98. The number of carbonyl (C=O) groups is 1. The topological polar surface area (TPSA) is 79.0 Å². The molecule has 36 heavy (non-hydrogen) atoms. The van der Waals surface area contributed by atoms with Crippen LogP contribution in [-0.4, -0.2) is 19.3 Å². The summed E-state index contributed by atoms with van der Waals surface area (Å²) in [7, 11) is -4.01. The van der Waals surface area contributed by atoms with Crippen molar-refractivity contribution >= 4 is 59.6 Å². The largest absolute Gasteiger partial charge is 0.358 e. The number of aryl methyl sites for hydroxylation is 1. The van der Waals surface area contributed by atoms with Gasteiger partial charge < -0.3 is 4.98 Å². The van der Waals surface area contributed by atoms with Crippen LogP contribution in [0.5, 0.6) is 0 Å². The number of hydrogen-bond donors (Lipinski definition) is 2. The molecule has 0 fully saturated rings. The van der Waals surface area contributed by atoms with Gasteiger partial charge in [-0.25, -0.2) is 13.1 Å². The van der Waals surface area contributed by atoms with Crippen molar-refractivity contribution in [2.24, 2.45) is 0 Å². The van der Waals surface area contributed by atoms with Gasteiger partial charge in [0.15, 0.2) is 0 Å². The van der Waals surface area contributed by atoms with Crippen molar-refractivity contribution in [3.8, 4) is 0 Å². The molecule has 1 heterocycles. The number of H-pyrrole nitrogens is 1. The van der Waals surface area contributed by atoms with Crippen LogP contribution in [0.2, 0.25) is 0 Å². The fourth-order valence-electron chi connectivity index (χ4n) is 4.38. The number of hydrogen-bond acceptors (Lipinski definition) is 3. The number of aromatic amines is 1. The fraction of sp³-hybridized carbons (Fsp3) is 0.0690. The Morgan fingerprint density at radius 3 is 2.50 bits per heavy atom. The highest BCUT2D eigenvalue weighted by Gasteiger charge is 2.20. The average molecular weight is 559 g/mol. The highest BCUT2D eigenvalue weighted by Crippen LogP contribution is 2.32. The molecule has 1 amide bonds. The van der Waals surface area contributed by atoms with Gasteiger partial charge in [-0.15, -0.1) is 0 Å². The van der Waals surface area contributed by atoms with E-state index in [1.807, 2.05) is 25.1 Å². The first-order valence-corrected chi connectivity index (χ1v) is 13.6. The van der Waals surface area contributed by atoms with Gasteiger partial charge in [0, 0.05) is 33.1 Å². The maximum absolute atomic E-state index is 13.0. The zero-order chi connectivity index (χ0) is 25.4. The molecule has 5 nitrogen and oxygen atoms in total. The molecule has 0 unspecified atom stereocenters. The van der Waals surface area contributed by atoms with E-state index in [1.165, 1.54) is 12.1 Å². The van der Waals surface area contributed by atoms with E-state index in [9.17, 15) is 13.2 Å². The summed E-state index contributed by atoms with van der Waals surface area (Å²) in [6.45, 7) is 5.67. The Hall–Kier alpha value is -3.68. The van der Waals surface area contributed by atoms with Crippen LogP contribution < -0.4 is 4.72 Å². The standard InChI is InChI=1S/C29H23BrN2O3S/c1-3-19-8-13-23(14-9-19)36(34,35)32-29(33)22-12-15-27-26(17-22)25(18(2)31-27)16-21-11-10-20-6-4-5-7-24(20)28(21)30/h3-15,17,31H,1,16H2,2H3,(H,32,33). The van der Waals surface area contributed by atoms with Crippen LogP contribution >= 0.6 is 15.9 Å². The third-order valence-corrected chi connectivity index (χ3v) is 8.63. The highest BCUT2D eigenvalue weighted by molar-refractivity contribution is 9.10. The Balaban J connectivity index is 1.47. The van der Waals surface area contributed by atoms with E-state index >= 15 is 0 Å². The van der Waals surface area contributed by atoms with E-state index in [4.69, 9.17) is 0 Å². The number of benzene rings is 4. The lowest BCUT2D eigenvalue weighted by Crippen LogP contribution is -2.30. The summed E-state index contributed by atoms with van der Waals surface area (Å²) >= 11 is 3.77. The SMILES string of the molecule is C=Cc1ccc(S(=O)(=O)NC(=O)c2ccc3[nH]c(C)c(Cc4ccc5ccccc5c4Br)c3c2)cc1. The second-order valence-electron chi connectivity index (χ2n) is 8.63. The summed E-state index contributed by atoms with van der Waals surface area (Å²) in [5, 5.41) is 3.18. The Kier molecular flexibility index (Phi) is 6.28. The zero-order valence-corrected chi connectivity index (χ0v) is 21.9. The van der Waals surface area contributed by atoms with Crippen LogP contribution in [0.15, 0.2) is 94.8 Å². The number of aromatic nitrogens is 1. The second kappa shape index (κ2) is 9.41. The molecule has 5 aromatic rings. The van der Waals surface area contributed by atoms with Crippen LogP contribution in [-0.2, 0) is 16.4 Å².